The molecule has 0 amide bonds. The average Bonchev–Trinajstić information content (AvgIpc) is 2.72. The Morgan fingerprint density at radius 3 is 2.03 bits per heavy atom. The fourth-order valence-electron chi connectivity index (χ4n) is 2.72. The van der Waals surface area contributed by atoms with Gasteiger partial charge in [0.05, 0.1) is 49.9 Å². The molecule has 0 atom stereocenters. The Hall–Kier alpha value is -3.60. The molecule has 11 heteroatoms. The van der Waals surface area contributed by atoms with Crippen LogP contribution in [-0.4, -0.2) is 51.9 Å². The van der Waals surface area contributed by atoms with Gasteiger partial charge in [-0.1, -0.05) is 12.1 Å². The summed E-state index contributed by atoms with van der Waals surface area (Å²) >= 11 is 0. The second-order valence-electron chi connectivity index (χ2n) is 6.15. The van der Waals surface area contributed by atoms with E-state index in [2.05, 4.69) is 20.0 Å². The van der Waals surface area contributed by atoms with Crippen LogP contribution in [-0.2, 0) is 14.8 Å². The van der Waals surface area contributed by atoms with E-state index in [1.807, 2.05) is 0 Å². The Morgan fingerprint density at radius 2 is 1.50 bits per heavy atom. The predicted octanol–water partition coefficient (Wildman–Crippen LogP) is 2.55. The molecule has 3 aromatic rings. The first-order valence-electron chi connectivity index (χ1n) is 8.61. The van der Waals surface area contributed by atoms with Gasteiger partial charge in [0.25, 0.3) is 0 Å². The van der Waals surface area contributed by atoms with Crippen LogP contribution < -0.4 is 19.5 Å². The zero-order chi connectivity index (χ0) is 21.9. The van der Waals surface area contributed by atoms with E-state index in [4.69, 9.17) is 14.2 Å². The maximum atomic E-state index is 12.3. The number of carbonyl (C=O) groups excluding carboxylic acids is 1. The molecule has 0 unspecified atom stereocenters. The van der Waals surface area contributed by atoms with Gasteiger partial charge in [-0.25, -0.2) is 23.2 Å². The molecule has 0 bridgehead atoms. The zero-order valence-electron chi connectivity index (χ0n) is 16.7. The second-order valence-corrected chi connectivity index (χ2v) is 7.90. The summed E-state index contributed by atoms with van der Waals surface area (Å²) < 4.78 is 41.4. The fraction of sp³-hybridized carbons (Fsp3) is 0.211. The molecule has 2 N–H and O–H groups in total. The Kier molecular flexibility index (Phi) is 5.92. The zero-order valence-corrected chi connectivity index (χ0v) is 17.5. The molecular formula is C19H20N4O6S. The van der Waals surface area contributed by atoms with E-state index in [-0.39, 0.29) is 22.9 Å². The molecule has 158 valence electrons. The number of sulfonamides is 1. The number of hydrogen-bond donors (Lipinski definition) is 2. The van der Waals surface area contributed by atoms with Crippen LogP contribution >= 0.6 is 0 Å². The molecule has 0 radical (unpaired) electrons. The summed E-state index contributed by atoms with van der Waals surface area (Å²) in [6.45, 7) is 0. The van der Waals surface area contributed by atoms with Crippen molar-refractivity contribution in [3.05, 3.63) is 42.0 Å². The molecule has 0 saturated carbocycles. The average molecular weight is 432 g/mol. The number of para-hydroxylation sites is 2. The van der Waals surface area contributed by atoms with Crippen LogP contribution in [0.2, 0.25) is 0 Å². The lowest BCUT2D eigenvalue weighted by Gasteiger charge is -2.17. The number of methoxy groups -OCH3 is 3. The lowest BCUT2D eigenvalue weighted by molar-refractivity contribution is 0.0601. The molecule has 30 heavy (non-hydrogen) atoms. The smallest absolute Gasteiger partial charge is 0.340 e. The maximum absolute atomic E-state index is 12.3. The Bertz CT molecular complexity index is 1210. The number of nitrogens with zero attached hydrogens (tertiary/aromatic N) is 2. The number of hydrogen-bond acceptors (Lipinski definition) is 9. The molecule has 10 nitrogen and oxygen atoms in total. The lowest BCUT2D eigenvalue weighted by Crippen LogP contribution is -2.14. The van der Waals surface area contributed by atoms with Gasteiger partial charge >= 0.3 is 5.97 Å². The fourth-order valence-corrected chi connectivity index (χ4v) is 3.22. The van der Waals surface area contributed by atoms with Crippen molar-refractivity contribution in [1.82, 2.24) is 9.97 Å². The molecule has 0 fully saturated rings. The van der Waals surface area contributed by atoms with Crippen molar-refractivity contribution in [2.45, 2.75) is 0 Å². The quantitative estimate of drug-likeness (QED) is 0.541. The molecular weight excluding hydrogens is 412 g/mol. The summed E-state index contributed by atoms with van der Waals surface area (Å²) in [6.07, 6.45) is 1.00. The van der Waals surface area contributed by atoms with E-state index in [1.54, 1.807) is 24.3 Å². The molecule has 0 spiro atoms. The van der Waals surface area contributed by atoms with Gasteiger partial charge in [0.1, 0.15) is 0 Å². The van der Waals surface area contributed by atoms with Crippen molar-refractivity contribution in [2.75, 3.05) is 37.6 Å². The molecule has 2 aromatic carbocycles. The first-order valence-corrected chi connectivity index (χ1v) is 10.5. The lowest BCUT2D eigenvalue weighted by atomic mass is 10.1. The Labute approximate surface area is 173 Å². The molecule has 3 rings (SSSR count). The molecule has 0 aliphatic carbocycles. The summed E-state index contributed by atoms with van der Waals surface area (Å²) in [6, 6.07) is 9.94. The van der Waals surface area contributed by atoms with Gasteiger partial charge < -0.3 is 19.5 Å². The number of esters is 1. The topological polar surface area (TPSA) is 129 Å². The number of fused-ring (bicyclic) bond motifs is 1. The Balaban J connectivity index is 2.19. The number of carbonyl (C=O) groups is 1. The van der Waals surface area contributed by atoms with Crippen molar-refractivity contribution in [3.63, 3.8) is 0 Å². The summed E-state index contributed by atoms with van der Waals surface area (Å²) in [5, 5.41) is 2.96. The van der Waals surface area contributed by atoms with Gasteiger partial charge in [0, 0.05) is 12.1 Å². The van der Waals surface area contributed by atoms with E-state index in [9.17, 15) is 13.2 Å². The van der Waals surface area contributed by atoms with E-state index in [0.717, 1.165) is 6.26 Å². The third-order valence-corrected chi connectivity index (χ3v) is 4.60. The third-order valence-electron chi connectivity index (χ3n) is 4.03. The summed E-state index contributed by atoms with van der Waals surface area (Å²) in [4.78, 5) is 21.1. The molecule has 0 saturated heterocycles. The third kappa shape index (κ3) is 4.51. The van der Waals surface area contributed by atoms with Gasteiger partial charge in [-0.3, -0.25) is 4.72 Å². The van der Waals surface area contributed by atoms with Crippen LogP contribution in [0.4, 0.5) is 17.3 Å². The van der Waals surface area contributed by atoms with Crippen LogP contribution in [0.1, 0.15) is 10.4 Å². The minimum atomic E-state index is -3.64. The largest absolute Gasteiger partial charge is 0.493 e. The minimum Gasteiger partial charge on any atom is -0.493 e. The van der Waals surface area contributed by atoms with Crippen molar-refractivity contribution in [2.24, 2.45) is 0 Å². The van der Waals surface area contributed by atoms with Crippen molar-refractivity contribution >= 4 is 44.3 Å². The van der Waals surface area contributed by atoms with E-state index < -0.39 is 16.0 Å². The predicted molar refractivity (Wildman–Crippen MR) is 112 cm³/mol. The number of ether oxygens (including phenoxy) is 3. The van der Waals surface area contributed by atoms with Gasteiger partial charge in [-0.2, -0.15) is 0 Å². The SMILES string of the molecule is COC(=O)c1cc(OC)c(OC)cc1Nc1nc2ccccc2nc1NS(C)(=O)=O. The molecule has 1 aromatic heterocycles. The van der Waals surface area contributed by atoms with E-state index >= 15 is 0 Å². The normalized spacial score (nSPS) is 11.1. The first kappa shape index (κ1) is 21.1. The van der Waals surface area contributed by atoms with Crippen LogP contribution in [0.15, 0.2) is 36.4 Å². The first-order chi connectivity index (χ1) is 14.3. The standard InChI is InChI=1S/C19H20N4O6S/c1-27-15-9-11(19(24)29-3)14(10-16(15)28-2)22-17-18(23-30(4,25)26)21-13-8-6-5-7-12(13)20-17/h5-10H,1-4H3,(H,20,22)(H,21,23). The van der Waals surface area contributed by atoms with Crippen molar-refractivity contribution < 1.29 is 27.4 Å². The highest BCUT2D eigenvalue weighted by atomic mass is 32.2. The maximum Gasteiger partial charge on any atom is 0.340 e. The van der Waals surface area contributed by atoms with Crippen LogP contribution in [0.5, 0.6) is 11.5 Å². The second kappa shape index (κ2) is 8.41. The van der Waals surface area contributed by atoms with Crippen molar-refractivity contribution in [1.29, 1.82) is 0 Å². The number of aromatic nitrogens is 2. The highest BCUT2D eigenvalue weighted by molar-refractivity contribution is 7.92. The van der Waals surface area contributed by atoms with Crippen molar-refractivity contribution in [3.8, 4) is 11.5 Å². The highest BCUT2D eigenvalue weighted by Crippen LogP contribution is 2.36. The van der Waals surface area contributed by atoms with Crippen LogP contribution in [0.3, 0.4) is 0 Å². The van der Waals surface area contributed by atoms with Crippen LogP contribution in [0, 0.1) is 0 Å². The summed E-state index contributed by atoms with van der Waals surface area (Å²) in [5.74, 6) is 0.102. The van der Waals surface area contributed by atoms with Crippen LogP contribution in [0.25, 0.3) is 11.0 Å². The van der Waals surface area contributed by atoms with Gasteiger partial charge in [-0.15, -0.1) is 0 Å². The molecule has 1 heterocycles. The summed E-state index contributed by atoms with van der Waals surface area (Å²) in [7, 11) is 0.491. The molecule has 0 aliphatic rings. The van der Waals surface area contributed by atoms with E-state index in [1.165, 1.54) is 33.5 Å². The highest BCUT2D eigenvalue weighted by Gasteiger charge is 2.20. The minimum absolute atomic E-state index is 0.0261. The van der Waals surface area contributed by atoms with E-state index in [0.29, 0.717) is 22.5 Å². The number of rotatable bonds is 7. The summed E-state index contributed by atoms with van der Waals surface area (Å²) in [5.41, 5.74) is 1.42. The van der Waals surface area contributed by atoms with Gasteiger partial charge in [0.15, 0.2) is 23.1 Å². The number of nitrogens with one attached hydrogen (secondary N) is 2. The monoisotopic (exact) mass is 432 g/mol. The molecule has 0 aliphatic heterocycles. The van der Waals surface area contributed by atoms with Gasteiger partial charge in [-0.05, 0) is 12.1 Å². The number of anilines is 3. The number of benzene rings is 2. The van der Waals surface area contributed by atoms with Gasteiger partial charge in [0.2, 0.25) is 10.0 Å². The Morgan fingerprint density at radius 1 is 0.933 bits per heavy atom.